The maximum absolute atomic E-state index is 10.1. The van der Waals surface area contributed by atoms with Crippen molar-refractivity contribution in [3.8, 4) is 11.5 Å². The fourth-order valence-corrected chi connectivity index (χ4v) is 5.72. The minimum absolute atomic E-state index is 0. The van der Waals surface area contributed by atoms with Crippen LogP contribution < -0.4 is 14.3 Å². The fourth-order valence-electron chi connectivity index (χ4n) is 4.07. The number of hydrogen-bond acceptors (Lipinski definition) is 8. The van der Waals surface area contributed by atoms with Crippen LogP contribution in [0.25, 0.3) is 21.5 Å². The van der Waals surface area contributed by atoms with Crippen LogP contribution in [-0.4, -0.2) is 60.8 Å². The predicted octanol–water partition coefficient (Wildman–Crippen LogP) is 7.67. The molecule has 0 saturated carbocycles. The maximum atomic E-state index is 10.1. The average Bonchev–Trinajstić information content (AvgIpc) is 2.98. The number of nitrogens with zero attached hydrogens (tertiary/aromatic N) is 2. The molecule has 0 saturated heterocycles. The Morgan fingerprint density at radius 2 is 1.43 bits per heavy atom. The van der Waals surface area contributed by atoms with Crippen molar-refractivity contribution in [1.82, 2.24) is 0 Å². The zero-order valence-corrected chi connectivity index (χ0v) is 27.8. The summed E-state index contributed by atoms with van der Waals surface area (Å²) in [7, 11) is 5.55. The minimum atomic E-state index is -0.622. The molecule has 8 nitrogen and oxygen atoms in total. The summed E-state index contributed by atoms with van der Waals surface area (Å²) in [4.78, 5) is 6.14. The number of fused-ring (bicyclic) bond motifs is 2. The van der Waals surface area contributed by atoms with Crippen LogP contribution in [-0.2, 0) is 14.1 Å². The summed E-state index contributed by atoms with van der Waals surface area (Å²) in [6.07, 6.45) is 1.77. The number of anilines is 1. The van der Waals surface area contributed by atoms with E-state index in [9.17, 15) is 5.02 Å². The van der Waals surface area contributed by atoms with Crippen LogP contribution in [0, 0.1) is 7.14 Å². The number of halogens is 2. The Morgan fingerprint density at radius 3 is 1.93 bits per heavy atom. The number of hydrogen-bond donors (Lipinski definition) is 1. The van der Waals surface area contributed by atoms with Gasteiger partial charge in [-0.15, -0.1) is 6.58 Å². The van der Waals surface area contributed by atoms with E-state index in [0.717, 1.165) is 51.6 Å². The molecule has 0 bridgehead atoms. The van der Waals surface area contributed by atoms with Gasteiger partial charge in [-0.25, -0.2) is 0 Å². The number of ether oxygens (including phenoxy) is 4. The number of benzene rings is 4. The Balaban J connectivity index is 0.000000289. The molecule has 0 fully saturated rings. The number of rotatable bonds is 12. The van der Waals surface area contributed by atoms with Crippen molar-refractivity contribution >= 4 is 92.4 Å². The predicted molar refractivity (Wildman–Crippen MR) is 191 cm³/mol. The molecule has 0 atom stereocenters. The molecule has 0 unspecified atom stereocenters. The summed E-state index contributed by atoms with van der Waals surface area (Å²) in [5.41, 5.74) is 1.73. The molecule has 0 aliphatic heterocycles. The van der Waals surface area contributed by atoms with Crippen molar-refractivity contribution in [1.29, 1.82) is 0 Å². The van der Waals surface area contributed by atoms with Gasteiger partial charge in [-0.2, -0.15) is 0 Å². The first-order chi connectivity index (χ1) is 19.9. The molecule has 0 aliphatic carbocycles. The second-order valence-corrected chi connectivity index (χ2v) is 10.8. The molecular weight excluding hydrogens is 760 g/mol. The Kier molecular flexibility index (Phi) is 15.6. The monoisotopic (exact) mass is 796 g/mol. The fraction of sp³-hybridized carbons (Fsp3) is 0.267. The quantitative estimate of drug-likeness (QED) is 0.0683. The molecular formula is C30H36B2I2N2O6. The molecule has 12 heteroatoms. The summed E-state index contributed by atoms with van der Waals surface area (Å²) in [6, 6.07) is 20.1. The van der Waals surface area contributed by atoms with Gasteiger partial charge in [0.2, 0.25) is 0 Å². The second-order valence-electron chi connectivity index (χ2n) is 8.66. The Morgan fingerprint density at radius 1 is 0.905 bits per heavy atom. The molecule has 0 spiro atoms. The summed E-state index contributed by atoms with van der Waals surface area (Å²) in [5, 5.41) is 14.3. The van der Waals surface area contributed by atoms with Gasteiger partial charge in [0.15, 0.2) is 6.79 Å². The first-order valence-electron chi connectivity index (χ1n) is 12.6. The van der Waals surface area contributed by atoms with Crippen molar-refractivity contribution in [2.75, 3.05) is 46.3 Å². The van der Waals surface area contributed by atoms with Gasteiger partial charge in [-0.3, -0.25) is 0 Å². The third-order valence-electron chi connectivity index (χ3n) is 5.87. The van der Waals surface area contributed by atoms with Crippen LogP contribution in [0.1, 0.15) is 7.43 Å². The Bertz CT molecular complexity index is 1490. The first-order valence-corrected chi connectivity index (χ1v) is 14.8. The van der Waals surface area contributed by atoms with Crippen LogP contribution in [0.5, 0.6) is 11.5 Å². The average molecular weight is 796 g/mol. The van der Waals surface area contributed by atoms with E-state index >= 15 is 0 Å². The van der Waals surface area contributed by atoms with Crippen molar-refractivity contribution in [2.24, 2.45) is 4.90 Å². The summed E-state index contributed by atoms with van der Waals surface area (Å²) >= 11 is 4.47. The molecule has 4 aromatic carbocycles. The van der Waals surface area contributed by atoms with Crippen LogP contribution in [0.2, 0.25) is 6.82 Å². The van der Waals surface area contributed by atoms with Gasteiger partial charge in [-0.1, -0.05) is 37.8 Å². The van der Waals surface area contributed by atoms with Gasteiger partial charge >= 0.3 is 133 Å². The van der Waals surface area contributed by atoms with E-state index in [1.807, 2.05) is 59.4 Å². The van der Waals surface area contributed by atoms with E-state index < -0.39 is 7.05 Å². The molecule has 4 aromatic rings. The van der Waals surface area contributed by atoms with E-state index in [2.05, 4.69) is 62.7 Å². The van der Waals surface area contributed by atoms with Crippen LogP contribution in [0.15, 0.2) is 78.2 Å². The standard InChI is InChI=1S/C16H19BINO3.C13H13BINO3.CH4/c1-4-9-19(17(2)20)14-10-12-7-5-6-8-13(12)16(15(14)18)22-11-21-3;1-17-8-19-13-10-6-4-3-5-9(10)7-11(12(13)15)16-14-18-2;/h4-8,10,20H,1,9,11H2,2-3H3;3-7H,8H2,1-2H3;1H4. The molecule has 0 aromatic heterocycles. The number of methoxy groups -OCH3 is 2. The van der Waals surface area contributed by atoms with E-state index in [1.165, 1.54) is 7.27 Å². The third kappa shape index (κ3) is 9.06. The molecule has 1 N–H and O–H groups in total. The van der Waals surface area contributed by atoms with Gasteiger partial charge in [0.05, 0.1) is 3.57 Å². The van der Waals surface area contributed by atoms with Gasteiger partial charge in [0, 0.05) is 24.7 Å². The molecule has 0 aliphatic rings. The van der Waals surface area contributed by atoms with Crippen molar-refractivity contribution in [3.63, 3.8) is 0 Å². The zero-order chi connectivity index (χ0) is 29.8. The topological polar surface area (TPSA) is 82.0 Å². The molecule has 0 amide bonds. The SMILES string of the molecule is C.C=CCN(B(C)O)c1cc2ccccc2c(OCOC)c1I.COB=Nc1cc2ccccc2c(OCOC)c1I. The van der Waals surface area contributed by atoms with Gasteiger partial charge in [-0.05, 0) is 40.9 Å². The van der Waals surface area contributed by atoms with Crippen molar-refractivity contribution in [2.45, 2.75) is 14.2 Å². The Hall–Kier alpha value is -2.39. The van der Waals surface area contributed by atoms with Gasteiger partial charge in [0.1, 0.15) is 5.75 Å². The van der Waals surface area contributed by atoms with Crippen molar-refractivity contribution < 1.29 is 28.6 Å². The van der Waals surface area contributed by atoms with Gasteiger partial charge < -0.3 is 19.3 Å². The molecule has 0 radical (unpaired) electrons. The molecule has 4 rings (SSSR count). The molecule has 0 heterocycles. The van der Waals surface area contributed by atoms with Gasteiger partial charge in [0.25, 0.3) is 0 Å². The van der Waals surface area contributed by atoms with Crippen LogP contribution >= 0.6 is 45.2 Å². The molecule has 222 valence electrons. The normalized spacial score (nSPS) is 10.4. The second kappa shape index (κ2) is 18.3. The van der Waals surface area contributed by atoms with Crippen LogP contribution in [0.3, 0.4) is 0 Å². The van der Waals surface area contributed by atoms with E-state index in [0.29, 0.717) is 6.54 Å². The van der Waals surface area contributed by atoms with E-state index in [1.54, 1.807) is 34.2 Å². The summed E-state index contributed by atoms with van der Waals surface area (Å²) in [5.74, 6) is 1.55. The first kappa shape index (κ1) is 35.8. The van der Waals surface area contributed by atoms with E-state index in [4.69, 9.17) is 23.6 Å². The summed E-state index contributed by atoms with van der Waals surface area (Å²) in [6.45, 7) is 6.44. The van der Waals surface area contributed by atoms with Crippen LogP contribution in [0.4, 0.5) is 11.4 Å². The zero-order valence-electron chi connectivity index (χ0n) is 23.5. The molecule has 42 heavy (non-hydrogen) atoms. The van der Waals surface area contributed by atoms with Crippen molar-refractivity contribution in [3.05, 3.63) is 80.5 Å². The van der Waals surface area contributed by atoms with E-state index in [-0.39, 0.29) is 21.0 Å². The Labute approximate surface area is 276 Å². The summed E-state index contributed by atoms with van der Waals surface area (Å²) < 4.78 is 28.2. The third-order valence-corrected chi connectivity index (χ3v) is 7.95.